The molecule has 3 rings (SSSR count). The third-order valence-electron chi connectivity index (χ3n) is 4.03. The van der Waals surface area contributed by atoms with Crippen LogP contribution in [0.4, 0.5) is 0 Å². The maximum atomic E-state index is 11.3. The van der Waals surface area contributed by atoms with Crippen LogP contribution in [0.25, 0.3) is 21.5 Å². The second-order valence-electron chi connectivity index (χ2n) is 5.41. The molecule has 3 heteroatoms. The van der Waals surface area contributed by atoms with Crippen LogP contribution in [0, 0.1) is 6.92 Å². The van der Waals surface area contributed by atoms with Gasteiger partial charge in [-0.25, -0.2) is 0 Å². The first-order valence-corrected chi connectivity index (χ1v) is 7.03. The highest BCUT2D eigenvalue weighted by atomic mass is 16.1. The number of fused-ring (bicyclic) bond motifs is 2. The molecule has 0 heterocycles. The Morgan fingerprint density at radius 3 is 1.81 bits per heavy atom. The van der Waals surface area contributed by atoms with E-state index < -0.39 is 6.04 Å². The summed E-state index contributed by atoms with van der Waals surface area (Å²) in [5, 5.41) is 4.54. The molecule has 1 unspecified atom stereocenters. The Morgan fingerprint density at radius 2 is 1.38 bits per heavy atom. The molecule has 1 atom stereocenters. The lowest BCUT2D eigenvalue weighted by atomic mass is 9.88. The van der Waals surface area contributed by atoms with Crippen molar-refractivity contribution >= 4 is 27.5 Å². The van der Waals surface area contributed by atoms with Gasteiger partial charge in [0, 0.05) is 12.5 Å². The van der Waals surface area contributed by atoms with Gasteiger partial charge in [0.05, 0.1) is 0 Å². The predicted molar refractivity (Wildman–Crippen MR) is 86.9 cm³/mol. The third-order valence-corrected chi connectivity index (χ3v) is 4.03. The molecular weight excluding hydrogens is 260 g/mol. The normalized spacial score (nSPS) is 12.7. The van der Waals surface area contributed by atoms with Crippen molar-refractivity contribution in [2.45, 2.75) is 19.4 Å². The Kier molecular flexibility index (Phi) is 3.35. The van der Waals surface area contributed by atoms with E-state index in [1.165, 1.54) is 16.3 Å². The zero-order chi connectivity index (χ0) is 15.0. The van der Waals surface area contributed by atoms with Crippen LogP contribution in [-0.2, 0) is 4.79 Å². The molecule has 3 nitrogen and oxygen atoms in total. The number of hydrogen-bond acceptors (Lipinski definition) is 2. The van der Waals surface area contributed by atoms with Crippen LogP contribution in [0.1, 0.15) is 23.6 Å². The number of carbonyl (C=O) groups excluding carboxylic acids is 1. The maximum absolute atomic E-state index is 11.3. The molecule has 0 aromatic heterocycles. The Morgan fingerprint density at radius 1 is 0.952 bits per heavy atom. The van der Waals surface area contributed by atoms with Crippen LogP contribution < -0.4 is 11.5 Å². The molecule has 0 aliphatic heterocycles. The minimum Gasteiger partial charge on any atom is -0.370 e. The van der Waals surface area contributed by atoms with Gasteiger partial charge in [0.15, 0.2) is 0 Å². The molecule has 0 fully saturated rings. The highest BCUT2D eigenvalue weighted by Gasteiger charge is 2.17. The maximum Gasteiger partial charge on any atom is 0.219 e. The van der Waals surface area contributed by atoms with E-state index in [0.717, 1.165) is 16.3 Å². The second-order valence-corrected chi connectivity index (χ2v) is 5.41. The molecule has 0 spiro atoms. The number of carbonyl (C=O) groups is 1. The van der Waals surface area contributed by atoms with Crippen molar-refractivity contribution in [1.82, 2.24) is 0 Å². The van der Waals surface area contributed by atoms with Gasteiger partial charge in [-0.3, -0.25) is 4.79 Å². The predicted octanol–water partition coefficient (Wildman–Crippen LogP) is 3.18. The minimum absolute atomic E-state index is 0.150. The summed E-state index contributed by atoms with van der Waals surface area (Å²) < 4.78 is 0. The second kappa shape index (κ2) is 5.19. The van der Waals surface area contributed by atoms with Gasteiger partial charge in [-0.05, 0) is 39.6 Å². The van der Waals surface area contributed by atoms with Gasteiger partial charge >= 0.3 is 0 Å². The number of aryl methyl sites for hydroxylation is 1. The Bertz CT molecular complexity index is 782. The smallest absolute Gasteiger partial charge is 0.219 e. The van der Waals surface area contributed by atoms with E-state index in [0.29, 0.717) is 0 Å². The third kappa shape index (κ3) is 2.26. The molecule has 0 aliphatic carbocycles. The molecule has 0 saturated carbocycles. The summed E-state index contributed by atoms with van der Waals surface area (Å²) in [5.74, 6) is -0.378. The summed E-state index contributed by atoms with van der Waals surface area (Å²) in [5.41, 5.74) is 13.8. The van der Waals surface area contributed by atoms with Crippen molar-refractivity contribution in [3.8, 4) is 0 Å². The summed E-state index contributed by atoms with van der Waals surface area (Å²) in [4.78, 5) is 11.3. The van der Waals surface area contributed by atoms with Gasteiger partial charge in [0.25, 0.3) is 0 Å². The first-order valence-electron chi connectivity index (χ1n) is 7.03. The first-order chi connectivity index (χ1) is 10.1. The van der Waals surface area contributed by atoms with Crippen molar-refractivity contribution in [2.75, 3.05) is 0 Å². The van der Waals surface area contributed by atoms with Gasteiger partial charge in [0.2, 0.25) is 5.91 Å². The topological polar surface area (TPSA) is 69.1 Å². The zero-order valence-corrected chi connectivity index (χ0v) is 12.0. The number of rotatable bonds is 3. The molecule has 106 valence electrons. The lowest BCUT2D eigenvalue weighted by molar-refractivity contribution is -0.118. The summed E-state index contributed by atoms with van der Waals surface area (Å²) >= 11 is 0. The van der Waals surface area contributed by atoms with Crippen molar-refractivity contribution in [1.29, 1.82) is 0 Å². The Labute approximate surface area is 123 Å². The summed E-state index contributed by atoms with van der Waals surface area (Å²) in [7, 11) is 0. The molecule has 3 aromatic rings. The minimum atomic E-state index is -0.391. The lowest BCUT2D eigenvalue weighted by Gasteiger charge is -2.19. The van der Waals surface area contributed by atoms with Crippen LogP contribution in [0.2, 0.25) is 0 Å². The zero-order valence-electron chi connectivity index (χ0n) is 12.0. The Balaban J connectivity index is 2.42. The van der Waals surface area contributed by atoms with Gasteiger partial charge in [-0.15, -0.1) is 0 Å². The summed E-state index contributed by atoms with van der Waals surface area (Å²) in [6.45, 7) is 2.12. The standard InChI is InChI=1S/C18H18N2O/c1-11-12-6-2-4-8-14(12)18(16(19)10-17(20)21)15-9-5-3-7-13(11)15/h2-9,16H,10,19H2,1H3,(H2,20,21). The quantitative estimate of drug-likeness (QED) is 0.722. The largest absolute Gasteiger partial charge is 0.370 e. The van der Waals surface area contributed by atoms with Gasteiger partial charge in [0.1, 0.15) is 0 Å². The van der Waals surface area contributed by atoms with Gasteiger partial charge in [-0.2, -0.15) is 0 Å². The summed E-state index contributed by atoms with van der Waals surface area (Å²) in [6, 6.07) is 16.0. The van der Waals surface area contributed by atoms with E-state index in [4.69, 9.17) is 11.5 Å². The average Bonchev–Trinajstić information content (AvgIpc) is 2.47. The van der Waals surface area contributed by atoms with E-state index in [-0.39, 0.29) is 12.3 Å². The highest BCUT2D eigenvalue weighted by molar-refractivity contribution is 6.06. The van der Waals surface area contributed by atoms with Crippen molar-refractivity contribution in [3.63, 3.8) is 0 Å². The van der Waals surface area contributed by atoms with Crippen LogP contribution >= 0.6 is 0 Å². The number of amides is 1. The molecule has 0 aliphatic rings. The van der Waals surface area contributed by atoms with Gasteiger partial charge in [-0.1, -0.05) is 48.5 Å². The molecule has 1 amide bonds. The SMILES string of the molecule is Cc1c2ccccc2c(C(N)CC(N)=O)c2ccccc12. The van der Waals surface area contributed by atoms with E-state index in [2.05, 4.69) is 31.2 Å². The van der Waals surface area contributed by atoms with Gasteiger partial charge < -0.3 is 11.5 Å². The molecular formula is C18H18N2O. The highest BCUT2D eigenvalue weighted by Crippen LogP contribution is 2.35. The fourth-order valence-corrected chi connectivity index (χ4v) is 3.10. The number of primary amides is 1. The Hall–Kier alpha value is -2.39. The molecule has 0 saturated heterocycles. The molecule has 3 aromatic carbocycles. The van der Waals surface area contributed by atoms with E-state index in [9.17, 15) is 4.79 Å². The van der Waals surface area contributed by atoms with Crippen LogP contribution in [0.5, 0.6) is 0 Å². The van der Waals surface area contributed by atoms with Crippen molar-refractivity contribution < 1.29 is 4.79 Å². The number of nitrogens with two attached hydrogens (primary N) is 2. The van der Waals surface area contributed by atoms with Crippen molar-refractivity contribution in [3.05, 3.63) is 59.7 Å². The molecule has 0 bridgehead atoms. The number of hydrogen-bond donors (Lipinski definition) is 2. The number of benzene rings is 3. The average molecular weight is 278 g/mol. The first kappa shape index (κ1) is 13.6. The lowest BCUT2D eigenvalue weighted by Crippen LogP contribution is -2.21. The molecule has 21 heavy (non-hydrogen) atoms. The fourth-order valence-electron chi connectivity index (χ4n) is 3.10. The van der Waals surface area contributed by atoms with Crippen LogP contribution in [0.3, 0.4) is 0 Å². The van der Waals surface area contributed by atoms with Crippen molar-refractivity contribution in [2.24, 2.45) is 11.5 Å². The van der Waals surface area contributed by atoms with Crippen LogP contribution in [0.15, 0.2) is 48.5 Å². The fraction of sp³-hybridized carbons (Fsp3) is 0.167. The summed E-state index contributed by atoms with van der Waals surface area (Å²) in [6.07, 6.45) is 0.150. The van der Waals surface area contributed by atoms with Crippen LogP contribution in [-0.4, -0.2) is 5.91 Å². The van der Waals surface area contributed by atoms with E-state index in [1.807, 2.05) is 24.3 Å². The monoisotopic (exact) mass is 278 g/mol. The van der Waals surface area contributed by atoms with E-state index in [1.54, 1.807) is 0 Å². The molecule has 0 radical (unpaired) electrons. The molecule has 4 N–H and O–H groups in total. The van der Waals surface area contributed by atoms with E-state index >= 15 is 0 Å².